The smallest absolute Gasteiger partial charge is 0.237 e. The zero-order valence-electron chi connectivity index (χ0n) is 10.2. The number of aromatic nitrogens is 3. The first-order valence-electron chi connectivity index (χ1n) is 5.60. The second-order valence-corrected chi connectivity index (χ2v) is 5.38. The van der Waals surface area contributed by atoms with Crippen molar-refractivity contribution < 1.29 is 4.79 Å². The molecule has 2 heterocycles. The van der Waals surface area contributed by atoms with E-state index in [1.54, 1.807) is 0 Å². The van der Waals surface area contributed by atoms with Crippen LogP contribution in [0.2, 0.25) is 0 Å². The summed E-state index contributed by atoms with van der Waals surface area (Å²) in [5.74, 6) is 4.76. The largest absolute Gasteiger partial charge is 0.294 e. The minimum Gasteiger partial charge on any atom is -0.294 e. The van der Waals surface area contributed by atoms with E-state index in [0.717, 1.165) is 10.8 Å². The highest BCUT2D eigenvalue weighted by Gasteiger charge is 2.22. The molecule has 0 radical (unpaired) electrons. The lowest BCUT2D eigenvalue weighted by Gasteiger charge is -2.16. The molecule has 0 bridgehead atoms. The molecule has 0 aliphatic rings. The van der Waals surface area contributed by atoms with E-state index in [1.807, 2.05) is 42.6 Å². The predicted octanol–water partition coefficient (Wildman–Crippen LogP) is 0.836. The van der Waals surface area contributed by atoms with Crippen molar-refractivity contribution >= 4 is 23.3 Å². The van der Waals surface area contributed by atoms with E-state index in [0.29, 0.717) is 0 Å². The molecule has 0 aromatic carbocycles. The van der Waals surface area contributed by atoms with Gasteiger partial charge in [0.25, 0.3) is 0 Å². The highest BCUT2D eigenvalue weighted by Crippen LogP contribution is 2.26. The van der Waals surface area contributed by atoms with Gasteiger partial charge in [0.1, 0.15) is 0 Å². The highest BCUT2D eigenvalue weighted by atomic mass is 32.2. The lowest BCUT2D eigenvalue weighted by molar-refractivity contribution is -0.124. The first-order chi connectivity index (χ1) is 8.63. The van der Waals surface area contributed by atoms with Gasteiger partial charge in [0.2, 0.25) is 5.91 Å². The van der Waals surface area contributed by atoms with E-state index in [2.05, 4.69) is 15.6 Å². The molecule has 3 N–H and O–H groups in total. The van der Waals surface area contributed by atoms with Gasteiger partial charge in [0, 0.05) is 17.4 Å². The van der Waals surface area contributed by atoms with Gasteiger partial charge in [0.15, 0.2) is 10.8 Å². The summed E-state index contributed by atoms with van der Waals surface area (Å²) in [6.45, 7) is 3.80. The van der Waals surface area contributed by atoms with Crippen LogP contribution in [0.3, 0.4) is 0 Å². The van der Waals surface area contributed by atoms with Gasteiger partial charge >= 0.3 is 0 Å². The Hall–Kier alpha value is -1.60. The maximum absolute atomic E-state index is 11.5. The minimum atomic E-state index is -0.198. The van der Waals surface area contributed by atoms with E-state index in [4.69, 9.17) is 5.84 Å². The van der Waals surface area contributed by atoms with Crippen LogP contribution in [-0.2, 0) is 4.79 Å². The lowest BCUT2D eigenvalue weighted by Crippen LogP contribution is -2.38. The van der Waals surface area contributed by atoms with Crippen molar-refractivity contribution in [2.24, 2.45) is 11.8 Å². The Morgan fingerprint density at radius 3 is 2.94 bits per heavy atom. The normalized spacial score (nSPS) is 14.4. The summed E-state index contributed by atoms with van der Waals surface area (Å²) in [5, 5.41) is 9.01. The Kier molecular flexibility index (Phi) is 3.83. The summed E-state index contributed by atoms with van der Waals surface area (Å²) in [4.78, 5) is 11.5. The van der Waals surface area contributed by atoms with Crippen LogP contribution in [0.25, 0.3) is 5.65 Å². The summed E-state index contributed by atoms with van der Waals surface area (Å²) in [5.41, 5.74) is 2.96. The molecular formula is C11H15N5OS. The van der Waals surface area contributed by atoms with Crippen molar-refractivity contribution in [3.8, 4) is 0 Å². The Labute approximate surface area is 109 Å². The molecule has 2 aromatic rings. The molecule has 1 amide bonds. The third-order valence-corrected chi connectivity index (χ3v) is 4.10. The van der Waals surface area contributed by atoms with Crippen molar-refractivity contribution in [2.75, 3.05) is 0 Å². The number of nitrogens with two attached hydrogens (primary N) is 1. The number of amides is 1. The van der Waals surface area contributed by atoms with Gasteiger partial charge in [-0.25, -0.2) is 5.84 Å². The molecule has 2 atom stereocenters. The Morgan fingerprint density at radius 1 is 1.44 bits per heavy atom. The number of thioether (sulfide) groups is 1. The van der Waals surface area contributed by atoms with Gasteiger partial charge in [-0.3, -0.25) is 14.6 Å². The molecule has 18 heavy (non-hydrogen) atoms. The van der Waals surface area contributed by atoms with Crippen LogP contribution in [0.15, 0.2) is 29.6 Å². The van der Waals surface area contributed by atoms with E-state index >= 15 is 0 Å². The summed E-state index contributed by atoms with van der Waals surface area (Å²) < 4.78 is 1.90. The molecule has 6 nitrogen and oxygen atoms in total. The van der Waals surface area contributed by atoms with Crippen LogP contribution in [-0.4, -0.2) is 25.8 Å². The summed E-state index contributed by atoms with van der Waals surface area (Å²) in [7, 11) is 0. The SMILES string of the molecule is CC(Sc1nnc2ccccn12)C(C)C(=O)NN. The number of hydrazine groups is 1. The molecule has 2 unspecified atom stereocenters. The van der Waals surface area contributed by atoms with Gasteiger partial charge in [-0.15, -0.1) is 10.2 Å². The molecule has 2 aromatic heterocycles. The number of pyridine rings is 1. The number of fused-ring (bicyclic) bond motifs is 1. The van der Waals surface area contributed by atoms with Gasteiger partial charge in [-0.1, -0.05) is 31.7 Å². The number of hydrogen-bond acceptors (Lipinski definition) is 5. The number of carbonyl (C=O) groups excluding carboxylic acids is 1. The van der Waals surface area contributed by atoms with E-state index in [1.165, 1.54) is 11.8 Å². The average molecular weight is 265 g/mol. The molecular weight excluding hydrogens is 250 g/mol. The molecule has 0 fully saturated rings. The van der Waals surface area contributed by atoms with Crippen LogP contribution in [0.1, 0.15) is 13.8 Å². The molecule has 7 heteroatoms. The summed E-state index contributed by atoms with van der Waals surface area (Å²) in [6.07, 6.45) is 1.90. The second-order valence-electron chi connectivity index (χ2n) is 4.03. The van der Waals surface area contributed by atoms with Crippen molar-refractivity contribution in [2.45, 2.75) is 24.3 Å². The molecule has 0 aliphatic carbocycles. The van der Waals surface area contributed by atoms with Gasteiger partial charge in [-0.05, 0) is 12.1 Å². The van der Waals surface area contributed by atoms with Crippen molar-refractivity contribution in [1.82, 2.24) is 20.0 Å². The molecule has 0 spiro atoms. The number of rotatable bonds is 4. The van der Waals surface area contributed by atoms with Crippen LogP contribution in [0, 0.1) is 5.92 Å². The van der Waals surface area contributed by atoms with Crippen molar-refractivity contribution in [1.29, 1.82) is 0 Å². The fraction of sp³-hybridized carbons (Fsp3) is 0.364. The zero-order valence-corrected chi connectivity index (χ0v) is 11.0. The monoisotopic (exact) mass is 265 g/mol. The molecule has 0 aliphatic heterocycles. The van der Waals surface area contributed by atoms with Gasteiger partial charge in [0.05, 0.1) is 0 Å². The second kappa shape index (κ2) is 5.36. The number of nitrogens with one attached hydrogen (secondary N) is 1. The van der Waals surface area contributed by atoms with Gasteiger partial charge < -0.3 is 0 Å². The standard InChI is InChI=1S/C11H15N5OS/c1-7(10(17)13-12)8(2)18-11-15-14-9-5-3-4-6-16(9)11/h3-8H,12H2,1-2H3,(H,13,17). The van der Waals surface area contributed by atoms with E-state index in [9.17, 15) is 4.79 Å². The quantitative estimate of drug-likeness (QED) is 0.370. The zero-order chi connectivity index (χ0) is 13.1. The minimum absolute atomic E-state index is 0.0566. The molecule has 0 saturated heterocycles. The third kappa shape index (κ3) is 2.46. The fourth-order valence-electron chi connectivity index (χ4n) is 1.51. The summed E-state index contributed by atoms with van der Waals surface area (Å²) >= 11 is 1.50. The van der Waals surface area contributed by atoms with Crippen LogP contribution < -0.4 is 11.3 Å². The first-order valence-corrected chi connectivity index (χ1v) is 6.48. The lowest BCUT2D eigenvalue weighted by atomic mass is 10.1. The maximum Gasteiger partial charge on any atom is 0.237 e. The third-order valence-electron chi connectivity index (χ3n) is 2.83. The number of nitrogens with zero attached hydrogens (tertiary/aromatic N) is 3. The van der Waals surface area contributed by atoms with Crippen molar-refractivity contribution in [3.63, 3.8) is 0 Å². The molecule has 0 saturated carbocycles. The first kappa shape index (κ1) is 12.8. The number of hydrogen-bond donors (Lipinski definition) is 2. The van der Waals surface area contributed by atoms with Gasteiger partial charge in [-0.2, -0.15) is 0 Å². The Balaban J connectivity index is 2.16. The highest BCUT2D eigenvalue weighted by molar-refractivity contribution is 7.99. The maximum atomic E-state index is 11.5. The van der Waals surface area contributed by atoms with Crippen LogP contribution >= 0.6 is 11.8 Å². The summed E-state index contributed by atoms with van der Waals surface area (Å²) in [6, 6.07) is 5.71. The van der Waals surface area contributed by atoms with Crippen molar-refractivity contribution in [3.05, 3.63) is 24.4 Å². The van der Waals surface area contributed by atoms with E-state index < -0.39 is 0 Å². The van der Waals surface area contributed by atoms with Crippen LogP contribution in [0.5, 0.6) is 0 Å². The van der Waals surface area contributed by atoms with Crippen LogP contribution in [0.4, 0.5) is 0 Å². The fourth-order valence-corrected chi connectivity index (χ4v) is 2.53. The Bertz CT molecular complexity index is 555. The molecule has 2 rings (SSSR count). The predicted molar refractivity (Wildman–Crippen MR) is 69.8 cm³/mol. The average Bonchev–Trinajstić information content (AvgIpc) is 2.80. The Morgan fingerprint density at radius 2 is 2.22 bits per heavy atom. The molecule has 96 valence electrons. The topological polar surface area (TPSA) is 85.3 Å². The number of carbonyl (C=O) groups is 1. The van der Waals surface area contributed by atoms with E-state index in [-0.39, 0.29) is 17.1 Å².